The van der Waals surface area contributed by atoms with E-state index in [1.807, 2.05) is 0 Å². The van der Waals surface area contributed by atoms with Crippen molar-refractivity contribution in [2.45, 2.75) is 64.0 Å². The second-order valence-corrected chi connectivity index (χ2v) is 6.50. The van der Waals surface area contributed by atoms with Crippen LogP contribution in [-0.4, -0.2) is 36.6 Å². The summed E-state index contributed by atoms with van der Waals surface area (Å²) in [7, 11) is 0. The number of likely N-dealkylation sites (N-methyl/N-ethyl adjacent to an activating group) is 1. The second-order valence-electron chi connectivity index (χ2n) is 6.50. The molecule has 2 heteroatoms. The van der Waals surface area contributed by atoms with Gasteiger partial charge in [-0.05, 0) is 50.5 Å². The highest BCUT2D eigenvalue weighted by Gasteiger charge is 2.39. The minimum absolute atomic E-state index is 0.779. The van der Waals surface area contributed by atoms with Crippen LogP contribution in [0.2, 0.25) is 0 Å². The van der Waals surface area contributed by atoms with E-state index < -0.39 is 0 Å². The van der Waals surface area contributed by atoms with Crippen molar-refractivity contribution < 1.29 is 0 Å². The average molecular weight is 236 g/mol. The van der Waals surface area contributed by atoms with Crippen LogP contribution in [0.1, 0.15) is 51.9 Å². The van der Waals surface area contributed by atoms with Gasteiger partial charge in [-0.3, -0.25) is 4.90 Å². The van der Waals surface area contributed by atoms with Gasteiger partial charge in [-0.1, -0.05) is 19.8 Å². The van der Waals surface area contributed by atoms with Gasteiger partial charge in [0, 0.05) is 25.2 Å². The summed E-state index contributed by atoms with van der Waals surface area (Å²) in [6.45, 7) is 6.14. The Balaban J connectivity index is 1.56. The van der Waals surface area contributed by atoms with Crippen molar-refractivity contribution in [1.29, 1.82) is 0 Å². The van der Waals surface area contributed by atoms with Crippen LogP contribution in [0, 0.1) is 11.8 Å². The van der Waals surface area contributed by atoms with Gasteiger partial charge in [0.05, 0.1) is 0 Å². The van der Waals surface area contributed by atoms with Crippen molar-refractivity contribution in [2.24, 2.45) is 11.8 Å². The Morgan fingerprint density at radius 2 is 2.00 bits per heavy atom. The quantitative estimate of drug-likeness (QED) is 0.789. The lowest BCUT2D eigenvalue weighted by Gasteiger charge is -2.33. The molecule has 0 aromatic carbocycles. The van der Waals surface area contributed by atoms with Crippen molar-refractivity contribution >= 4 is 0 Å². The van der Waals surface area contributed by atoms with Crippen molar-refractivity contribution in [3.8, 4) is 0 Å². The Morgan fingerprint density at radius 1 is 1.18 bits per heavy atom. The van der Waals surface area contributed by atoms with Gasteiger partial charge in [0.15, 0.2) is 0 Å². The zero-order valence-corrected chi connectivity index (χ0v) is 11.3. The Hall–Kier alpha value is -0.0800. The summed E-state index contributed by atoms with van der Waals surface area (Å²) in [6, 6.07) is 1.73. The molecule has 1 saturated heterocycles. The van der Waals surface area contributed by atoms with E-state index in [4.69, 9.17) is 0 Å². The van der Waals surface area contributed by atoms with Crippen LogP contribution < -0.4 is 5.32 Å². The second kappa shape index (κ2) is 5.27. The molecule has 0 radical (unpaired) electrons. The summed E-state index contributed by atoms with van der Waals surface area (Å²) in [5.74, 6) is 2.01. The van der Waals surface area contributed by atoms with E-state index in [9.17, 15) is 0 Å². The molecule has 3 atom stereocenters. The van der Waals surface area contributed by atoms with Gasteiger partial charge < -0.3 is 5.32 Å². The van der Waals surface area contributed by atoms with E-state index in [2.05, 4.69) is 17.1 Å². The number of nitrogens with one attached hydrogen (secondary N) is 1. The highest BCUT2D eigenvalue weighted by atomic mass is 15.2. The molecule has 2 saturated carbocycles. The number of rotatable bonds is 5. The molecule has 2 nitrogen and oxygen atoms in total. The molecule has 0 aromatic rings. The first-order valence-electron chi connectivity index (χ1n) is 7.84. The fourth-order valence-corrected chi connectivity index (χ4v) is 4.51. The first kappa shape index (κ1) is 12.0. The number of likely N-dealkylation sites (tertiary alicyclic amines) is 1. The van der Waals surface area contributed by atoms with Gasteiger partial charge >= 0.3 is 0 Å². The van der Waals surface area contributed by atoms with Crippen LogP contribution in [0.25, 0.3) is 0 Å². The summed E-state index contributed by atoms with van der Waals surface area (Å²) >= 11 is 0. The Morgan fingerprint density at radius 3 is 2.59 bits per heavy atom. The topological polar surface area (TPSA) is 15.3 Å². The van der Waals surface area contributed by atoms with Crippen molar-refractivity contribution in [3.05, 3.63) is 0 Å². The molecule has 1 heterocycles. The van der Waals surface area contributed by atoms with Crippen molar-refractivity contribution in [1.82, 2.24) is 10.2 Å². The Labute approximate surface area is 106 Å². The molecule has 3 aliphatic rings. The molecule has 2 aliphatic carbocycles. The van der Waals surface area contributed by atoms with Crippen LogP contribution >= 0.6 is 0 Å². The molecule has 2 bridgehead atoms. The molecule has 3 unspecified atom stereocenters. The minimum atomic E-state index is 0.779. The molecule has 0 aromatic heterocycles. The van der Waals surface area contributed by atoms with E-state index in [0.29, 0.717) is 0 Å². The zero-order valence-electron chi connectivity index (χ0n) is 11.3. The summed E-state index contributed by atoms with van der Waals surface area (Å²) in [6.07, 6.45) is 10.4. The summed E-state index contributed by atoms with van der Waals surface area (Å²) < 4.78 is 0. The third-order valence-corrected chi connectivity index (χ3v) is 5.39. The van der Waals surface area contributed by atoms with Crippen LogP contribution in [0.5, 0.6) is 0 Å². The third-order valence-electron chi connectivity index (χ3n) is 5.39. The van der Waals surface area contributed by atoms with Gasteiger partial charge in [0.25, 0.3) is 0 Å². The van der Waals surface area contributed by atoms with Crippen LogP contribution in [0.3, 0.4) is 0 Å². The Kier molecular flexibility index (Phi) is 3.72. The number of nitrogens with zero attached hydrogens (tertiary/aromatic N) is 1. The molecule has 98 valence electrons. The van der Waals surface area contributed by atoms with Crippen LogP contribution in [-0.2, 0) is 0 Å². The number of piperidine rings is 1. The lowest BCUT2D eigenvalue weighted by Crippen LogP contribution is -2.47. The molecule has 1 N–H and O–H groups in total. The van der Waals surface area contributed by atoms with E-state index in [0.717, 1.165) is 30.5 Å². The minimum Gasteiger partial charge on any atom is -0.313 e. The first-order valence-corrected chi connectivity index (χ1v) is 7.84. The monoisotopic (exact) mass is 236 g/mol. The maximum atomic E-state index is 3.77. The molecular formula is C15H28N2. The lowest BCUT2D eigenvalue weighted by atomic mass is 9.96. The van der Waals surface area contributed by atoms with E-state index in [1.165, 1.54) is 58.0 Å². The molecule has 0 amide bonds. The first-order chi connectivity index (χ1) is 8.36. The van der Waals surface area contributed by atoms with E-state index in [1.54, 1.807) is 0 Å². The standard InChI is InChI=1S/C15H28N2/c1-2-16-15(13-5-3-4-6-13)11-17-10-12-7-8-14(17)9-12/h12-16H,2-11H2,1H3. The maximum Gasteiger partial charge on any atom is 0.0223 e. The van der Waals surface area contributed by atoms with Gasteiger partial charge in [-0.2, -0.15) is 0 Å². The summed E-state index contributed by atoms with van der Waals surface area (Å²) in [5.41, 5.74) is 0. The summed E-state index contributed by atoms with van der Waals surface area (Å²) in [4.78, 5) is 2.81. The highest BCUT2D eigenvalue weighted by Crippen LogP contribution is 2.38. The molecule has 1 aliphatic heterocycles. The Bertz CT molecular complexity index is 247. The number of fused-ring (bicyclic) bond motifs is 2. The van der Waals surface area contributed by atoms with Crippen LogP contribution in [0.4, 0.5) is 0 Å². The van der Waals surface area contributed by atoms with Crippen molar-refractivity contribution in [2.75, 3.05) is 19.6 Å². The lowest BCUT2D eigenvalue weighted by molar-refractivity contribution is 0.169. The fourth-order valence-electron chi connectivity index (χ4n) is 4.51. The zero-order chi connectivity index (χ0) is 11.7. The van der Waals surface area contributed by atoms with E-state index >= 15 is 0 Å². The average Bonchev–Trinajstić information content (AvgIpc) is 3.06. The molecule has 3 fully saturated rings. The van der Waals surface area contributed by atoms with Gasteiger partial charge in [-0.15, -0.1) is 0 Å². The van der Waals surface area contributed by atoms with E-state index in [-0.39, 0.29) is 0 Å². The number of hydrogen-bond acceptors (Lipinski definition) is 2. The smallest absolute Gasteiger partial charge is 0.0223 e. The van der Waals surface area contributed by atoms with Crippen LogP contribution in [0.15, 0.2) is 0 Å². The predicted molar refractivity (Wildman–Crippen MR) is 72.1 cm³/mol. The highest BCUT2D eigenvalue weighted by molar-refractivity contribution is 4.94. The predicted octanol–water partition coefficient (Wildman–Crippen LogP) is 2.64. The normalized spacial score (nSPS) is 35.8. The molecule has 0 spiro atoms. The molecular weight excluding hydrogens is 208 g/mol. The fraction of sp³-hybridized carbons (Fsp3) is 1.00. The van der Waals surface area contributed by atoms with Crippen molar-refractivity contribution in [3.63, 3.8) is 0 Å². The summed E-state index contributed by atoms with van der Waals surface area (Å²) in [5, 5.41) is 3.77. The third kappa shape index (κ3) is 2.53. The van der Waals surface area contributed by atoms with Gasteiger partial charge in [0.1, 0.15) is 0 Å². The SMILES string of the molecule is CCNC(CN1CC2CCC1C2)C1CCCC1. The van der Waals surface area contributed by atoms with Gasteiger partial charge in [0.2, 0.25) is 0 Å². The number of hydrogen-bond donors (Lipinski definition) is 1. The maximum absolute atomic E-state index is 3.77. The molecule has 3 rings (SSSR count). The molecule has 17 heavy (non-hydrogen) atoms. The van der Waals surface area contributed by atoms with Gasteiger partial charge in [-0.25, -0.2) is 0 Å². The largest absolute Gasteiger partial charge is 0.313 e.